The summed E-state index contributed by atoms with van der Waals surface area (Å²) in [5.41, 5.74) is 3.54. The van der Waals surface area contributed by atoms with E-state index >= 15 is 0 Å². The van der Waals surface area contributed by atoms with E-state index in [9.17, 15) is 19.2 Å². The van der Waals surface area contributed by atoms with E-state index in [4.69, 9.17) is 4.74 Å². The summed E-state index contributed by atoms with van der Waals surface area (Å²) in [5.74, 6) is -2.59. The molecule has 0 unspecified atom stereocenters. The van der Waals surface area contributed by atoms with Crippen molar-refractivity contribution in [1.82, 2.24) is 4.90 Å². The van der Waals surface area contributed by atoms with Gasteiger partial charge in [0.2, 0.25) is 11.8 Å². The van der Waals surface area contributed by atoms with Crippen molar-refractivity contribution in [2.24, 2.45) is 23.7 Å². The Labute approximate surface area is 204 Å². The molecule has 35 heavy (non-hydrogen) atoms. The molecule has 3 aliphatic rings. The average molecular weight is 473 g/mol. The number of imide groups is 1. The van der Waals surface area contributed by atoms with Crippen molar-refractivity contribution in [2.75, 3.05) is 11.9 Å². The number of fused-ring (bicyclic) bond motifs is 5. The molecule has 7 nitrogen and oxygen atoms in total. The number of amides is 3. The second-order valence-corrected chi connectivity index (χ2v) is 9.71. The van der Waals surface area contributed by atoms with Gasteiger partial charge in [0.05, 0.1) is 11.8 Å². The van der Waals surface area contributed by atoms with E-state index in [0.717, 1.165) is 28.0 Å². The fraction of sp³-hybridized carbons (Fsp3) is 0.357. The van der Waals surface area contributed by atoms with Crippen molar-refractivity contribution in [3.8, 4) is 0 Å². The Morgan fingerprint density at radius 3 is 2.26 bits per heavy atom. The van der Waals surface area contributed by atoms with Crippen LogP contribution in [0.1, 0.15) is 23.1 Å². The largest absolute Gasteiger partial charge is 0.454 e. The number of rotatable bonds is 7. The van der Waals surface area contributed by atoms with Crippen molar-refractivity contribution in [3.05, 3.63) is 77.4 Å². The maximum atomic E-state index is 13.3. The van der Waals surface area contributed by atoms with Crippen LogP contribution in [0, 0.1) is 37.5 Å². The van der Waals surface area contributed by atoms with Crippen molar-refractivity contribution < 1.29 is 23.9 Å². The lowest BCUT2D eigenvalue weighted by atomic mass is 9.85. The van der Waals surface area contributed by atoms with Crippen LogP contribution in [0.15, 0.2) is 60.7 Å². The van der Waals surface area contributed by atoms with Crippen LogP contribution in [0.2, 0.25) is 0 Å². The molecule has 5 atom stereocenters. The van der Waals surface area contributed by atoms with Crippen LogP contribution >= 0.6 is 0 Å². The number of likely N-dealkylation sites (tertiary alicyclic amines) is 1. The van der Waals surface area contributed by atoms with E-state index in [1.54, 1.807) is 6.07 Å². The molecule has 2 aromatic rings. The van der Waals surface area contributed by atoms with Crippen molar-refractivity contribution in [2.45, 2.75) is 32.7 Å². The Hall–Kier alpha value is -3.74. The van der Waals surface area contributed by atoms with Gasteiger partial charge in [0.1, 0.15) is 6.04 Å². The zero-order valence-corrected chi connectivity index (χ0v) is 19.8. The van der Waals surface area contributed by atoms with Gasteiger partial charge in [0, 0.05) is 12.1 Å². The predicted molar refractivity (Wildman–Crippen MR) is 129 cm³/mol. The number of hydrogen-bond acceptors (Lipinski definition) is 5. The number of esters is 1. The summed E-state index contributed by atoms with van der Waals surface area (Å²) in [6.45, 7) is 3.42. The van der Waals surface area contributed by atoms with Gasteiger partial charge in [-0.15, -0.1) is 0 Å². The Morgan fingerprint density at radius 2 is 1.63 bits per heavy atom. The Bertz CT molecular complexity index is 1190. The molecule has 3 amide bonds. The summed E-state index contributed by atoms with van der Waals surface area (Å²) in [6, 6.07) is 13.6. The lowest BCUT2D eigenvalue weighted by molar-refractivity contribution is -0.160. The van der Waals surface area contributed by atoms with E-state index < -0.39 is 36.4 Å². The monoisotopic (exact) mass is 472 g/mol. The lowest BCUT2D eigenvalue weighted by Crippen LogP contribution is -2.48. The SMILES string of the molecule is Cc1ccc(NC(=O)COC(=O)[C@H](Cc2ccccc2)N2C(=O)[C@@H]3[C@H](C2=O)[C@H]2C=C[C@H]3C2)cc1C. The smallest absolute Gasteiger partial charge is 0.330 e. The third kappa shape index (κ3) is 4.27. The van der Waals surface area contributed by atoms with Crippen LogP contribution < -0.4 is 5.32 Å². The Balaban J connectivity index is 1.31. The van der Waals surface area contributed by atoms with Crippen molar-refractivity contribution in [3.63, 3.8) is 0 Å². The third-order valence-corrected chi connectivity index (χ3v) is 7.50. The fourth-order valence-corrected chi connectivity index (χ4v) is 5.60. The quantitative estimate of drug-likeness (QED) is 0.380. The highest BCUT2D eigenvalue weighted by molar-refractivity contribution is 6.09. The molecular formula is C28H28N2O5. The van der Waals surface area contributed by atoms with Gasteiger partial charge in [0.25, 0.3) is 5.91 Å². The molecule has 2 aliphatic carbocycles. The number of hydrogen-bond donors (Lipinski definition) is 1. The molecule has 1 aliphatic heterocycles. The minimum atomic E-state index is -1.11. The number of ether oxygens (including phenoxy) is 1. The number of carbonyl (C=O) groups is 4. The average Bonchev–Trinajstić information content (AvgIpc) is 3.53. The lowest BCUT2D eigenvalue weighted by Gasteiger charge is -2.26. The fourth-order valence-electron chi connectivity index (χ4n) is 5.60. The highest BCUT2D eigenvalue weighted by atomic mass is 16.5. The summed E-state index contributed by atoms with van der Waals surface area (Å²) in [6.07, 6.45) is 4.98. The first kappa shape index (κ1) is 23.0. The summed E-state index contributed by atoms with van der Waals surface area (Å²) in [4.78, 5) is 53.5. The molecule has 2 bridgehead atoms. The number of aryl methyl sites for hydroxylation is 2. The summed E-state index contributed by atoms with van der Waals surface area (Å²) in [5, 5.41) is 2.72. The van der Waals surface area contributed by atoms with Crippen LogP contribution in [-0.4, -0.2) is 41.2 Å². The molecule has 1 saturated carbocycles. The Kier molecular flexibility index (Phi) is 6.01. The molecular weight excluding hydrogens is 444 g/mol. The van der Waals surface area contributed by atoms with E-state index in [1.165, 1.54) is 0 Å². The topological polar surface area (TPSA) is 92.8 Å². The second-order valence-electron chi connectivity index (χ2n) is 9.71. The maximum Gasteiger partial charge on any atom is 0.330 e. The Morgan fingerprint density at radius 1 is 0.971 bits per heavy atom. The number of allylic oxidation sites excluding steroid dienone is 2. The van der Waals surface area contributed by atoms with Gasteiger partial charge in [-0.3, -0.25) is 19.3 Å². The van der Waals surface area contributed by atoms with E-state index in [1.807, 2.05) is 68.5 Å². The van der Waals surface area contributed by atoms with Crippen LogP contribution in [-0.2, 0) is 30.3 Å². The van der Waals surface area contributed by atoms with Gasteiger partial charge in [-0.1, -0.05) is 48.6 Å². The molecule has 1 saturated heterocycles. The maximum absolute atomic E-state index is 13.3. The summed E-state index contributed by atoms with van der Waals surface area (Å²) in [7, 11) is 0. The molecule has 1 heterocycles. The molecule has 0 spiro atoms. The van der Waals surface area contributed by atoms with Crippen molar-refractivity contribution >= 4 is 29.4 Å². The molecule has 0 radical (unpaired) electrons. The summed E-state index contributed by atoms with van der Waals surface area (Å²) < 4.78 is 5.35. The number of carbonyl (C=O) groups excluding carboxylic acids is 4. The third-order valence-electron chi connectivity index (χ3n) is 7.50. The molecule has 2 fully saturated rings. The van der Waals surface area contributed by atoms with Gasteiger partial charge >= 0.3 is 5.97 Å². The predicted octanol–water partition coefficient (Wildman–Crippen LogP) is 3.20. The minimum Gasteiger partial charge on any atom is -0.454 e. The standard InChI is InChI=1S/C28H28N2O5/c1-16-8-11-21(12-17(16)2)29-23(31)15-35-28(34)22(13-18-6-4-3-5-7-18)30-26(32)24-19-9-10-20(14-19)25(24)27(30)33/h3-12,19-20,22,24-25H,13-15H2,1-2H3,(H,29,31)/t19-,20-,22-,24-,25+/m0/s1. The van der Waals surface area contributed by atoms with Crippen LogP contribution in [0.3, 0.4) is 0 Å². The van der Waals surface area contributed by atoms with Gasteiger partial charge in [-0.2, -0.15) is 0 Å². The minimum absolute atomic E-state index is 0.0450. The first-order valence-corrected chi connectivity index (χ1v) is 12.0. The first-order valence-electron chi connectivity index (χ1n) is 12.0. The van der Waals surface area contributed by atoms with Gasteiger partial charge in [-0.25, -0.2) is 4.79 Å². The number of nitrogens with one attached hydrogen (secondary N) is 1. The highest BCUT2D eigenvalue weighted by Crippen LogP contribution is 2.53. The van der Waals surface area contributed by atoms with E-state index in [-0.39, 0.29) is 30.1 Å². The van der Waals surface area contributed by atoms with E-state index in [0.29, 0.717) is 5.69 Å². The van der Waals surface area contributed by atoms with Crippen LogP contribution in [0.4, 0.5) is 5.69 Å². The van der Waals surface area contributed by atoms with Crippen LogP contribution in [0.25, 0.3) is 0 Å². The molecule has 180 valence electrons. The molecule has 1 N–H and O–H groups in total. The summed E-state index contributed by atoms with van der Waals surface area (Å²) >= 11 is 0. The van der Waals surface area contributed by atoms with E-state index in [2.05, 4.69) is 5.32 Å². The zero-order chi connectivity index (χ0) is 24.7. The van der Waals surface area contributed by atoms with Crippen molar-refractivity contribution in [1.29, 1.82) is 0 Å². The molecule has 0 aromatic heterocycles. The molecule has 5 rings (SSSR count). The molecule has 7 heteroatoms. The first-order chi connectivity index (χ1) is 16.8. The van der Waals surface area contributed by atoms with Gasteiger partial charge in [-0.05, 0) is 60.9 Å². The normalized spacial score (nSPS) is 25.0. The molecule has 2 aromatic carbocycles. The highest BCUT2D eigenvalue weighted by Gasteiger charge is 2.61. The van der Waals surface area contributed by atoms with Gasteiger partial charge < -0.3 is 10.1 Å². The number of nitrogens with zero attached hydrogens (tertiary/aromatic N) is 1. The number of benzene rings is 2. The van der Waals surface area contributed by atoms with Crippen LogP contribution in [0.5, 0.6) is 0 Å². The zero-order valence-electron chi connectivity index (χ0n) is 19.8. The number of anilines is 1. The van der Waals surface area contributed by atoms with Gasteiger partial charge in [0.15, 0.2) is 6.61 Å². The second kappa shape index (κ2) is 9.13.